The van der Waals surface area contributed by atoms with Crippen molar-refractivity contribution in [2.24, 2.45) is 0 Å². The smallest absolute Gasteiger partial charge is 0.335 e. The zero-order chi connectivity index (χ0) is 6.15. The van der Waals surface area contributed by atoms with Crippen molar-refractivity contribution in [1.29, 1.82) is 0 Å². The van der Waals surface area contributed by atoms with E-state index in [1.165, 1.54) is 0 Å². The lowest BCUT2D eigenvalue weighted by Crippen LogP contribution is -2.06. The van der Waals surface area contributed by atoms with Gasteiger partial charge in [-0.3, -0.25) is 0 Å². The molecule has 1 heterocycles. The van der Waals surface area contributed by atoms with Crippen LogP contribution >= 0.6 is 0 Å². The van der Waals surface area contributed by atoms with Crippen molar-refractivity contribution >= 4 is 5.97 Å². The van der Waals surface area contributed by atoms with Crippen molar-refractivity contribution in [1.82, 2.24) is 0 Å². The van der Waals surface area contributed by atoms with Crippen molar-refractivity contribution in [3.8, 4) is 0 Å². The Morgan fingerprint density at radius 2 is 2.50 bits per heavy atom. The highest BCUT2D eigenvalue weighted by molar-refractivity contribution is 5.75. The minimum Gasteiger partial charge on any atom is -0.479 e. The molecule has 1 rings (SSSR count). The molecule has 0 spiro atoms. The molecule has 8 heavy (non-hydrogen) atoms. The molecule has 3 nitrogen and oxygen atoms in total. The van der Waals surface area contributed by atoms with Crippen LogP contribution in [0.15, 0.2) is 0 Å². The van der Waals surface area contributed by atoms with Crippen LogP contribution in [0.5, 0.6) is 0 Å². The summed E-state index contributed by atoms with van der Waals surface area (Å²) in [6, 6.07) is 0. The zero-order valence-corrected chi connectivity index (χ0v) is 4.63. The number of carboxylic acids is 1. The van der Waals surface area contributed by atoms with Crippen LogP contribution in [0, 0.1) is 0 Å². The van der Waals surface area contributed by atoms with Crippen LogP contribution in [-0.2, 0) is 9.53 Å². The van der Waals surface area contributed by atoms with Crippen molar-refractivity contribution in [3.63, 3.8) is 0 Å². The first-order valence-corrected chi connectivity index (χ1v) is 2.64. The SMILES string of the molecule is CCC1O[C@H]1C(=O)O. The molecule has 1 fully saturated rings. The second-order valence-electron chi connectivity index (χ2n) is 1.84. The molecule has 46 valence electrons. The Bertz CT molecular complexity index is 110. The van der Waals surface area contributed by atoms with E-state index in [4.69, 9.17) is 9.84 Å². The van der Waals surface area contributed by atoms with Gasteiger partial charge in [0.25, 0.3) is 0 Å². The fraction of sp³-hybridized carbons (Fsp3) is 0.800. The number of aliphatic carboxylic acids is 1. The van der Waals surface area contributed by atoms with Crippen LogP contribution in [0.25, 0.3) is 0 Å². The Labute approximate surface area is 47.3 Å². The lowest BCUT2D eigenvalue weighted by Gasteiger charge is -1.78. The van der Waals surface area contributed by atoms with Crippen LogP contribution in [0.4, 0.5) is 0 Å². The summed E-state index contributed by atoms with van der Waals surface area (Å²) in [5, 5.41) is 8.23. The number of epoxide rings is 1. The lowest BCUT2D eigenvalue weighted by atomic mass is 10.3. The lowest BCUT2D eigenvalue weighted by molar-refractivity contribution is -0.138. The number of rotatable bonds is 2. The van der Waals surface area contributed by atoms with Gasteiger partial charge in [-0.2, -0.15) is 0 Å². The third-order valence-electron chi connectivity index (χ3n) is 1.23. The van der Waals surface area contributed by atoms with Crippen LogP contribution in [0.2, 0.25) is 0 Å². The molecule has 0 amide bonds. The normalized spacial score (nSPS) is 34.6. The summed E-state index contributed by atoms with van der Waals surface area (Å²) in [4.78, 5) is 10.0. The van der Waals surface area contributed by atoms with Crippen LogP contribution in [-0.4, -0.2) is 23.3 Å². The van der Waals surface area contributed by atoms with Gasteiger partial charge in [0.05, 0.1) is 6.10 Å². The highest BCUT2D eigenvalue weighted by atomic mass is 16.6. The summed E-state index contributed by atoms with van der Waals surface area (Å²) < 4.78 is 4.73. The average molecular weight is 116 g/mol. The third kappa shape index (κ3) is 0.816. The van der Waals surface area contributed by atoms with E-state index in [1.807, 2.05) is 6.92 Å². The molecule has 0 aromatic heterocycles. The van der Waals surface area contributed by atoms with Gasteiger partial charge in [0, 0.05) is 0 Å². The molecule has 1 aliphatic heterocycles. The van der Waals surface area contributed by atoms with Gasteiger partial charge in [0.15, 0.2) is 6.10 Å². The molecule has 1 N–H and O–H groups in total. The van der Waals surface area contributed by atoms with Gasteiger partial charge >= 0.3 is 5.97 Å². The van der Waals surface area contributed by atoms with Gasteiger partial charge < -0.3 is 9.84 Å². The standard InChI is InChI=1S/C5H8O3/c1-2-3-4(8-3)5(6)7/h3-4H,2H2,1H3,(H,6,7)/t3?,4-/m1/s1. The summed E-state index contributed by atoms with van der Waals surface area (Å²) in [5.74, 6) is -0.836. The molecule has 1 unspecified atom stereocenters. The van der Waals surface area contributed by atoms with Crippen molar-refractivity contribution in [2.45, 2.75) is 25.6 Å². The minimum atomic E-state index is -0.836. The number of hydrogen-bond acceptors (Lipinski definition) is 2. The summed E-state index contributed by atoms with van der Waals surface area (Å²) in [5.41, 5.74) is 0. The molecule has 0 radical (unpaired) electrons. The Kier molecular flexibility index (Phi) is 1.21. The molecule has 0 bridgehead atoms. The zero-order valence-electron chi connectivity index (χ0n) is 4.63. The average Bonchev–Trinajstić information content (AvgIpc) is 2.42. The van der Waals surface area contributed by atoms with E-state index in [-0.39, 0.29) is 6.10 Å². The summed E-state index contributed by atoms with van der Waals surface area (Å²) >= 11 is 0. The van der Waals surface area contributed by atoms with Gasteiger partial charge in [0.2, 0.25) is 0 Å². The summed E-state index contributed by atoms with van der Waals surface area (Å²) in [6.07, 6.45) is 0.296. The number of ether oxygens (including phenoxy) is 1. The third-order valence-corrected chi connectivity index (χ3v) is 1.23. The Balaban J connectivity index is 2.26. The van der Waals surface area contributed by atoms with Gasteiger partial charge in [-0.25, -0.2) is 4.79 Å². The Morgan fingerprint density at radius 3 is 2.62 bits per heavy atom. The molecular formula is C5H8O3. The maximum Gasteiger partial charge on any atom is 0.335 e. The van der Waals surface area contributed by atoms with Gasteiger partial charge in [-0.05, 0) is 6.42 Å². The predicted octanol–water partition coefficient (Wildman–Crippen LogP) is 0.248. The number of carboxylic acid groups (broad SMARTS) is 1. The first kappa shape index (κ1) is 5.56. The van der Waals surface area contributed by atoms with Gasteiger partial charge in [-0.15, -0.1) is 0 Å². The van der Waals surface area contributed by atoms with E-state index in [0.717, 1.165) is 6.42 Å². The minimum absolute atomic E-state index is 0.00694. The van der Waals surface area contributed by atoms with Gasteiger partial charge in [0.1, 0.15) is 0 Å². The van der Waals surface area contributed by atoms with E-state index in [9.17, 15) is 4.79 Å². The number of hydrogen-bond donors (Lipinski definition) is 1. The predicted molar refractivity (Wildman–Crippen MR) is 26.6 cm³/mol. The highest BCUT2D eigenvalue weighted by Crippen LogP contribution is 2.24. The summed E-state index contributed by atoms with van der Waals surface area (Å²) in [7, 11) is 0. The second kappa shape index (κ2) is 1.74. The topological polar surface area (TPSA) is 49.8 Å². The van der Waals surface area contributed by atoms with Crippen LogP contribution in [0.3, 0.4) is 0 Å². The second-order valence-corrected chi connectivity index (χ2v) is 1.84. The van der Waals surface area contributed by atoms with Crippen LogP contribution in [0.1, 0.15) is 13.3 Å². The fourth-order valence-electron chi connectivity index (χ4n) is 0.670. The van der Waals surface area contributed by atoms with Crippen LogP contribution < -0.4 is 0 Å². The quantitative estimate of drug-likeness (QED) is 0.526. The molecule has 2 atom stereocenters. The first-order chi connectivity index (χ1) is 3.75. The molecule has 0 aliphatic carbocycles. The van der Waals surface area contributed by atoms with E-state index in [1.54, 1.807) is 0 Å². The highest BCUT2D eigenvalue weighted by Gasteiger charge is 2.43. The van der Waals surface area contributed by atoms with E-state index in [0.29, 0.717) is 0 Å². The fourth-order valence-corrected chi connectivity index (χ4v) is 0.670. The molecule has 0 aromatic carbocycles. The molecular weight excluding hydrogens is 108 g/mol. The molecule has 1 aliphatic rings. The Hall–Kier alpha value is -0.570. The maximum absolute atomic E-state index is 10.0. The van der Waals surface area contributed by atoms with E-state index in [2.05, 4.69) is 0 Å². The first-order valence-electron chi connectivity index (χ1n) is 2.64. The summed E-state index contributed by atoms with van der Waals surface area (Å²) in [6.45, 7) is 1.91. The van der Waals surface area contributed by atoms with Crippen molar-refractivity contribution in [3.05, 3.63) is 0 Å². The number of carbonyl (C=O) groups is 1. The monoisotopic (exact) mass is 116 g/mol. The van der Waals surface area contributed by atoms with Crippen molar-refractivity contribution in [2.75, 3.05) is 0 Å². The van der Waals surface area contributed by atoms with Crippen molar-refractivity contribution < 1.29 is 14.6 Å². The molecule has 0 saturated carbocycles. The van der Waals surface area contributed by atoms with E-state index >= 15 is 0 Å². The Morgan fingerprint density at radius 1 is 1.88 bits per heavy atom. The van der Waals surface area contributed by atoms with Gasteiger partial charge in [-0.1, -0.05) is 6.92 Å². The molecule has 0 aromatic rings. The van der Waals surface area contributed by atoms with E-state index < -0.39 is 12.1 Å². The molecule has 3 heteroatoms. The maximum atomic E-state index is 10.0. The largest absolute Gasteiger partial charge is 0.479 e. The molecule has 1 saturated heterocycles.